The molecule has 0 radical (unpaired) electrons. The second-order valence-corrected chi connectivity index (χ2v) is 9.45. The number of ether oxygens (including phenoxy) is 2. The van der Waals surface area contributed by atoms with Crippen LogP contribution < -0.4 is 10.1 Å². The summed E-state index contributed by atoms with van der Waals surface area (Å²) in [5.74, 6) is 0.393. The lowest BCUT2D eigenvalue weighted by Crippen LogP contribution is -2.41. The van der Waals surface area contributed by atoms with Gasteiger partial charge in [0.2, 0.25) is 0 Å². The molecule has 0 spiro atoms. The molecule has 8 nitrogen and oxygen atoms in total. The molecule has 8 heteroatoms. The summed E-state index contributed by atoms with van der Waals surface area (Å²) in [7, 11) is 1.63. The first-order chi connectivity index (χ1) is 19.5. The van der Waals surface area contributed by atoms with Crippen molar-refractivity contribution in [2.45, 2.75) is 45.8 Å². The number of aromatic amines is 1. The van der Waals surface area contributed by atoms with Crippen LogP contribution in [0.4, 0.5) is 4.79 Å². The minimum absolute atomic E-state index is 0.0332. The molecule has 0 unspecified atom stereocenters. The zero-order valence-corrected chi connectivity index (χ0v) is 23.2. The zero-order valence-electron chi connectivity index (χ0n) is 23.2. The summed E-state index contributed by atoms with van der Waals surface area (Å²) in [6.45, 7) is 4.85. The second kappa shape index (κ2) is 14.0. The van der Waals surface area contributed by atoms with Crippen molar-refractivity contribution < 1.29 is 19.1 Å². The highest BCUT2D eigenvalue weighted by Gasteiger charge is 2.24. The summed E-state index contributed by atoms with van der Waals surface area (Å²) >= 11 is 0. The number of amides is 2. The summed E-state index contributed by atoms with van der Waals surface area (Å²) in [6.07, 6.45) is 2.72. The molecule has 40 heavy (non-hydrogen) atoms. The number of nitrogens with zero attached hydrogens (tertiary/aromatic N) is 2. The summed E-state index contributed by atoms with van der Waals surface area (Å²) in [5, 5.41) is 10.4. The molecule has 4 rings (SSSR count). The Morgan fingerprint density at radius 3 is 2.27 bits per heavy atom. The van der Waals surface area contributed by atoms with Gasteiger partial charge in [0.25, 0.3) is 0 Å². The van der Waals surface area contributed by atoms with E-state index in [2.05, 4.69) is 34.6 Å². The Labute approximate surface area is 235 Å². The molecule has 208 valence electrons. The van der Waals surface area contributed by atoms with Crippen molar-refractivity contribution in [3.8, 4) is 17.0 Å². The molecule has 0 aliphatic carbocycles. The number of methoxy groups -OCH3 is 1. The van der Waals surface area contributed by atoms with E-state index in [1.165, 1.54) is 5.56 Å². The second-order valence-electron chi connectivity index (χ2n) is 9.45. The van der Waals surface area contributed by atoms with Gasteiger partial charge in [0.05, 0.1) is 44.6 Å². The first kappa shape index (κ1) is 28.4. The lowest BCUT2D eigenvalue weighted by molar-refractivity contribution is -0.143. The fourth-order valence-electron chi connectivity index (χ4n) is 4.51. The number of esters is 1. The molecule has 0 fully saturated rings. The number of nitrogens with one attached hydrogen (secondary N) is 2. The quantitative estimate of drug-likeness (QED) is 0.213. The Morgan fingerprint density at radius 2 is 1.62 bits per heavy atom. The molecule has 0 aliphatic rings. The molecule has 1 atom stereocenters. The van der Waals surface area contributed by atoms with E-state index in [-0.39, 0.29) is 25.0 Å². The number of rotatable bonds is 12. The fourth-order valence-corrected chi connectivity index (χ4v) is 4.51. The third-order valence-corrected chi connectivity index (χ3v) is 6.73. The molecule has 2 N–H and O–H groups in total. The van der Waals surface area contributed by atoms with E-state index < -0.39 is 6.04 Å². The van der Waals surface area contributed by atoms with Crippen LogP contribution in [-0.4, -0.2) is 40.8 Å². The summed E-state index contributed by atoms with van der Waals surface area (Å²) < 4.78 is 10.5. The van der Waals surface area contributed by atoms with E-state index in [4.69, 9.17) is 9.47 Å². The Bertz CT molecular complexity index is 1370. The van der Waals surface area contributed by atoms with Gasteiger partial charge < -0.3 is 19.7 Å². The maximum absolute atomic E-state index is 13.9. The molecule has 0 aliphatic heterocycles. The lowest BCUT2D eigenvalue weighted by atomic mass is 10.0. The van der Waals surface area contributed by atoms with Crippen molar-refractivity contribution >= 4 is 12.0 Å². The average molecular weight is 541 g/mol. The molecule has 1 heterocycles. The van der Waals surface area contributed by atoms with Gasteiger partial charge in [-0.25, -0.2) is 4.79 Å². The van der Waals surface area contributed by atoms with Crippen molar-refractivity contribution in [3.63, 3.8) is 0 Å². The van der Waals surface area contributed by atoms with Gasteiger partial charge in [-0.05, 0) is 54.3 Å². The van der Waals surface area contributed by atoms with E-state index >= 15 is 0 Å². The number of H-pyrrole nitrogens is 1. The first-order valence-corrected chi connectivity index (χ1v) is 13.5. The maximum Gasteiger partial charge on any atom is 0.318 e. The fraction of sp³-hybridized carbons (Fsp3) is 0.281. The predicted octanol–water partition coefficient (Wildman–Crippen LogP) is 6.05. The third-order valence-electron chi connectivity index (χ3n) is 6.73. The normalized spacial score (nSPS) is 11.5. The molecular weight excluding hydrogens is 504 g/mol. The highest BCUT2D eigenvalue weighted by atomic mass is 16.5. The predicted molar refractivity (Wildman–Crippen MR) is 155 cm³/mol. The van der Waals surface area contributed by atoms with Crippen LogP contribution in [0.2, 0.25) is 0 Å². The average Bonchev–Trinajstić information content (AvgIpc) is 3.45. The third kappa shape index (κ3) is 7.50. The van der Waals surface area contributed by atoms with Gasteiger partial charge >= 0.3 is 12.0 Å². The van der Waals surface area contributed by atoms with Crippen LogP contribution in [0.1, 0.15) is 48.6 Å². The van der Waals surface area contributed by atoms with Crippen molar-refractivity contribution in [1.29, 1.82) is 0 Å². The van der Waals surface area contributed by atoms with E-state index in [9.17, 15) is 9.59 Å². The van der Waals surface area contributed by atoms with Gasteiger partial charge in [-0.15, -0.1) is 0 Å². The molecule has 4 aromatic rings. The highest BCUT2D eigenvalue weighted by Crippen LogP contribution is 2.26. The van der Waals surface area contributed by atoms with Crippen molar-refractivity contribution in [2.75, 3.05) is 13.7 Å². The van der Waals surface area contributed by atoms with E-state index in [0.717, 1.165) is 40.1 Å². The van der Waals surface area contributed by atoms with Crippen LogP contribution in [0.5, 0.6) is 5.75 Å². The highest BCUT2D eigenvalue weighted by molar-refractivity contribution is 5.77. The summed E-state index contributed by atoms with van der Waals surface area (Å²) in [4.78, 5) is 28.0. The van der Waals surface area contributed by atoms with Gasteiger partial charge in [0.1, 0.15) is 5.75 Å². The monoisotopic (exact) mass is 540 g/mol. The van der Waals surface area contributed by atoms with E-state index in [0.29, 0.717) is 13.1 Å². The van der Waals surface area contributed by atoms with Gasteiger partial charge in [-0.2, -0.15) is 5.10 Å². The van der Waals surface area contributed by atoms with Gasteiger partial charge in [0, 0.05) is 17.7 Å². The largest absolute Gasteiger partial charge is 0.497 e. The topological polar surface area (TPSA) is 96.5 Å². The molecule has 2 amide bonds. The number of hydrogen-bond acceptors (Lipinski definition) is 5. The number of urea groups is 1. The van der Waals surface area contributed by atoms with Crippen LogP contribution in [0.3, 0.4) is 0 Å². The van der Waals surface area contributed by atoms with Gasteiger partial charge in [0.15, 0.2) is 0 Å². The number of hydrogen-bond donors (Lipinski definition) is 2. The Balaban J connectivity index is 1.61. The minimum Gasteiger partial charge on any atom is -0.497 e. The van der Waals surface area contributed by atoms with Gasteiger partial charge in [-0.3, -0.25) is 9.89 Å². The molecule has 1 aromatic heterocycles. The molecule has 0 saturated heterocycles. The maximum atomic E-state index is 13.9. The Hall–Kier alpha value is -4.59. The number of benzene rings is 3. The molecule has 0 bridgehead atoms. The van der Waals surface area contributed by atoms with Crippen molar-refractivity contribution in [1.82, 2.24) is 20.4 Å². The van der Waals surface area contributed by atoms with Crippen LogP contribution in [0, 0.1) is 0 Å². The van der Waals surface area contributed by atoms with E-state index in [1.807, 2.05) is 66.7 Å². The van der Waals surface area contributed by atoms with Crippen LogP contribution >= 0.6 is 0 Å². The number of aryl methyl sites for hydroxylation is 1. The Morgan fingerprint density at radius 1 is 0.925 bits per heavy atom. The van der Waals surface area contributed by atoms with Crippen molar-refractivity contribution in [2.24, 2.45) is 0 Å². The smallest absolute Gasteiger partial charge is 0.318 e. The number of carbonyl (C=O) groups is 2. The number of carbonyl (C=O) groups excluding carboxylic acids is 2. The SMILES string of the molecule is CCOC(=O)C[C@H](NC(=O)N(Cc1ccc(CC)cc1)Cc1cn[nH]c1-c1ccc(OC)cc1)c1ccccc1. The first-order valence-electron chi connectivity index (χ1n) is 13.5. The van der Waals surface area contributed by atoms with E-state index in [1.54, 1.807) is 25.1 Å². The number of aromatic nitrogens is 2. The minimum atomic E-state index is -0.539. The van der Waals surface area contributed by atoms with Crippen LogP contribution in [0.25, 0.3) is 11.3 Å². The Kier molecular flexibility index (Phi) is 9.93. The van der Waals surface area contributed by atoms with Gasteiger partial charge in [-0.1, -0.05) is 61.5 Å². The summed E-state index contributed by atoms with van der Waals surface area (Å²) in [6, 6.07) is 24.6. The standard InChI is InChI=1S/C32H36N4O4/c1-4-23-11-13-24(14-12-23)21-36(22-27-20-33-35-31(27)26-15-17-28(39-3)18-16-26)32(38)34-29(19-30(37)40-5-2)25-9-7-6-8-10-25/h6-18,20,29H,4-5,19,21-22H2,1-3H3,(H,33,35)(H,34,38)/t29-/m0/s1. The molecule has 3 aromatic carbocycles. The molecular formula is C32H36N4O4. The van der Waals surface area contributed by atoms with Crippen molar-refractivity contribution in [3.05, 3.63) is 107 Å². The van der Waals surface area contributed by atoms with Crippen LogP contribution in [-0.2, 0) is 29.0 Å². The summed E-state index contributed by atoms with van der Waals surface area (Å²) in [5.41, 5.74) is 5.70. The molecule has 0 saturated carbocycles. The zero-order chi connectivity index (χ0) is 28.3. The van der Waals surface area contributed by atoms with Crippen LogP contribution in [0.15, 0.2) is 85.1 Å². The lowest BCUT2D eigenvalue weighted by Gasteiger charge is -2.27.